The van der Waals surface area contributed by atoms with E-state index in [0.717, 1.165) is 40.6 Å². The summed E-state index contributed by atoms with van der Waals surface area (Å²) in [6.45, 7) is 6.91. The highest BCUT2D eigenvalue weighted by molar-refractivity contribution is 7.13. The normalized spacial score (nSPS) is 15.4. The van der Waals surface area contributed by atoms with Crippen LogP contribution in [0, 0.1) is 0 Å². The van der Waals surface area contributed by atoms with Gasteiger partial charge >= 0.3 is 0 Å². The fraction of sp³-hybridized carbons (Fsp3) is 0.212. The second kappa shape index (κ2) is 12.2. The molecule has 0 amide bonds. The molecule has 0 aliphatic carbocycles. The predicted octanol–water partition coefficient (Wildman–Crippen LogP) is 4.90. The van der Waals surface area contributed by atoms with Crippen molar-refractivity contribution < 1.29 is 4.74 Å². The molecule has 0 radical (unpaired) electrons. The third-order valence-electron chi connectivity index (χ3n) is 7.92. The van der Waals surface area contributed by atoms with Crippen molar-refractivity contribution in [2.24, 2.45) is 7.05 Å². The third kappa shape index (κ3) is 5.78. The number of fused-ring (bicyclic) bond motifs is 1. The molecule has 1 fully saturated rings. The molecule has 7 rings (SSSR count). The molecule has 1 atom stereocenters. The molecule has 6 aromatic rings. The number of benzene rings is 2. The van der Waals surface area contributed by atoms with Gasteiger partial charge in [-0.3, -0.25) is 9.36 Å². The van der Waals surface area contributed by atoms with Crippen LogP contribution in [0.4, 0.5) is 11.6 Å². The van der Waals surface area contributed by atoms with Gasteiger partial charge in [0.2, 0.25) is 5.95 Å². The summed E-state index contributed by atoms with van der Waals surface area (Å²) in [6, 6.07) is 19.5. The minimum Gasteiger partial charge on any atom is -0.371 e. The van der Waals surface area contributed by atoms with Gasteiger partial charge in [0.25, 0.3) is 5.56 Å². The number of thiazole rings is 1. The number of aryl methyl sites for hydroxylation is 1. The molecule has 1 unspecified atom stereocenters. The van der Waals surface area contributed by atoms with Crippen molar-refractivity contribution in [3.63, 3.8) is 0 Å². The Bertz CT molecular complexity index is 2040. The van der Waals surface area contributed by atoms with Crippen LogP contribution in [-0.4, -0.2) is 66.2 Å². The van der Waals surface area contributed by atoms with E-state index in [4.69, 9.17) is 9.72 Å². The molecular weight excluding hydrogens is 586 g/mol. The van der Waals surface area contributed by atoms with Gasteiger partial charge in [0, 0.05) is 54.5 Å². The Hall–Kier alpha value is -5.04. The maximum absolute atomic E-state index is 14.2. The van der Waals surface area contributed by atoms with Gasteiger partial charge in [0.1, 0.15) is 22.0 Å². The van der Waals surface area contributed by atoms with E-state index in [1.165, 1.54) is 11.3 Å². The summed E-state index contributed by atoms with van der Waals surface area (Å²) in [5, 5.41) is 15.3. The molecule has 0 bridgehead atoms. The summed E-state index contributed by atoms with van der Waals surface area (Å²) in [6.07, 6.45) is 3.50. The van der Waals surface area contributed by atoms with Crippen LogP contribution in [0.25, 0.3) is 27.3 Å². The number of morpholine rings is 1. The first-order valence-corrected chi connectivity index (χ1v) is 15.4. The summed E-state index contributed by atoms with van der Waals surface area (Å²) < 4.78 is 9.26. The Morgan fingerprint density at radius 1 is 1.11 bits per heavy atom. The lowest BCUT2D eigenvalue weighted by molar-refractivity contribution is -0.0208. The molecule has 1 N–H and O–H groups in total. The minimum absolute atomic E-state index is 0.0411. The number of pyridine rings is 1. The van der Waals surface area contributed by atoms with Crippen molar-refractivity contribution in [3.05, 3.63) is 118 Å². The van der Waals surface area contributed by atoms with E-state index in [1.807, 2.05) is 61.0 Å². The zero-order valence-corrected chi connectivity index (χ0v) is 25.7. The highest BCUT2D eigenvalue weighted by atomic mass is 32.1. The molecule has 0 saturated carbocycles. The van der Waals surface area contributed by atoms with Crippen molar-refractivity contribution in [1.82, 2.24) is 39.4 Å². The Morgan fingerprint density at radius 3 is 2.69 bits per heavy atom. The Morgan fingerprint density at radius 2 is 1.93 bits per heavy atom. The standard InChI is InChI=1S/C33H31N9O2S/c1-21(22-7-5-4-6-8-22)26-17-24-18-35-33(36-25-11-9-23(10-12-25)28-20-40(2)14-15-44-28)37-30(24)42(32(26)43)19-27-29(41(3)39-38-27)31-34-13-16-45-31/h4-13,16-18,28H,1,14-15,19-20H2,2-3H3,(H,35,36,37). The second-order valence-electron chi connectivity index (χ2n) is 11.0. The lowest BCUT2D eigenvalue weighted by Gasteiger charge is -2.30. The van der Waals surface area contributed by atoms with Crippen LogP contribution >= 0.6 is 11.3 Å². The van der Waals surface area contributed by atoms with Gasteiger partial charge in [-0.05, 0) is 41.9 Å². The van der Waals surface area contributed by atoms with Gasteiger partial charge in [-0.15, -0.1) is 16.4 Å². The molecule has 11 nitrogen and oxygen atoms in total. The van der Waals surface area contributed by atoms with Crippen molar-refractivity contribution >= 4 is 39.6 Å². The fourth-order valence-corrected chi connectivity index (χ4v) is 6.26. The van der Waals surface area contributed by atoms with E-state index < -0.39 is 0 Å². The molecular formula is C33H31N9O2S. The summed E-state index contributed by atoms with van der Waals surface area (Å²) in [7, 11) is 3.92. The van der Waals surface area contributed by atoms with Gasteiger partial charge < -0.3 is 15.0 Å². The van der Waals surface area contributed by atoms with E-state index in [1.54, 1.807) is 21.6 Å². The SMILES string of the molecule is C=C(c1ccccc1)c1cc2cnc(Nc3ccc(C4CN(C)CCO4)cc3)nc2n(Cc2nnn(C)c2-c2nccs2)c1=O. The van der Waals surface area contributed by atoms with Crippen LogP contribution in [0.3, 0.4) is 0 Å². The molecule has 0 spiro atoms. The van der Waals surface area contributed by atoms with Crippen LogP contribution in [-0.2, 0) is 18.3 Å². The van der Waals surface area contributed by atoms with Crippen LogP contribution in [0.2, 0.25) is 0 Å². The topological polar surface area (TPSA) is 116 Å². The highest BCUT2D eigenvalue weighted by Crippen LogP contribution is 2.28. The number of aromatic nitrogens is 7. The number of nitrogens with one attached hydrogen (secondary N) is 1. The van der Waals surface area contributed by atoms with Gasteiger partial charge in [0.05, 0.1) is 19.3 Å². The zero-order valence-electron chi connectivity index (χ0n) is 24.9. The first-order valence-electron chi connectivity index (χ1n) is 14.6. The Labute approximate surface area is 263 Å². The molecule has 1 aliphatic rings. The van der Waals surface area contributed by atoms with Crippen LogP contribution in [0.1, 0.15) is 28.5 Å². The first kappa shape index (κ1) is 28.7. The van der Waals surface area contributed by atoms with Crippen LogP contribution in [0.15, 0.2) is 89.8 Å². The smallest absolute Gasteiger partial charge is 0.260 e. The van der Waals surface area contributed by atoms with E-state index in [2.05, 4.69) is 56.3 Å². The summed E-state index contributed by atoms with van der Waals surface area (Å²) in [4.78, 5) is 30.4. The number of anilines is 2. The summed E-state index contributed by atoms with van der Waals surface area (Å²) in [5.41, 5.74) is 5.46. The number of hydrogen-bond acceptors (Lipinski definition) is 10. The fourth-order valence-electron chi connectivity index (χ4n) is 5.53. The third-order valence-corrected chi connectivity index (χ3v) is 8.70. The summed E-state index contributed by atoms with van der Waals surface area (Å²) in [5.74, 6) is 0.367. The molecule has 226 valence electrons. The van der Waals surface area contributed by atoms with Gasteiger partial charge in [-0.1, -0.05) is 54.3 Å². The largest absolute Gasteiger partial charge is 0.371 e. The molecule has 2 aromatic carbocycles. The molecule has 12 heteroatoms. The molecule has 1 aliphatic heterocycles. The molecule has 1 saturated heterocycles. The lowest BCUT2D eigenvalue weighted by Crippen LogP contribution is -2.35. The van der Waals surface area contributed by atoms with Gasteiger partial charge in [0.15, 0.2) is 0 Å². The zero-order chi connectivity index (χ0) is 30.9. The average Bonchev–Trinajstić information content (AvgIpc) is 3.72. The van der Waals surface area contributed by atoms with Gasteiger partial charge in [-0.25, -0.2) is 14.6 Å². The average molecular weight is 618 g/mol. The van der Waals surface area contributed by atoms with Crippen molar-refractivity contribution in [1.29, 1.82) is 0 Å². The maximum Gasteiger partial charge on any atom is 0.260 e. The predicted molar refractivity (Wildman–Crippen MR) is 176 cm³/mol. The summed E-state index contributed by atoms with van der Waals surface area (Å²) >= 11 is 1.49. The first-order chi connectivity index (χ1) is 21.9. The number of hydrogen-bond donors (Lipinski definition) is 1. The monoisotopic (exact) mass is 617 g/mol. The Kier molecular flexibility index (Phi) is 7.76. The second-order valence-corrected chi connectivity index (χ2v) is 11.9. The van der Waals surface area contributed by atoms with Gasteiger partial charge in [-0.2, -0.15) is 4.98 Å². The number of rotatable bonds is 8. The molecule has 45 heavy (non-hydrogen) atoms. The van der Waals surface area contributed by atoms with E-state index in [0.29, 0.717) is 40.4 Å². The van der Waals surface area contributed by atoms with Crippen LogP contribution < -0.4 is 10.9 Å². The van der Waals surface area contributed by atoms with E-state index in [-0.39, 0.29) is 18.2 Å². The molecule has 4 aromatic heterocycles. The van der Waals surface area contributed by atoms with Crippen molar-refractivity contribution in [2.45, 2.75) is 12.6 Å². The number of nitrogens with zero attached hydrogens (tertiary/aromatic N) is 8. The van der Waals surface area contributed by atoms with E-state index >= 15 is 0 Å². The van der Waals surface area contributed by atoms with Crippen molar-refractivity contribution in [2.75, 3.05) is 32.1 Å². The molecule has 5 heterocycles. The Balaban J connectivity index is 1.28. The minimum atomic E-state index is -0.237. The number of likely N-dealkylation sites (N-methyl/N-ethyl adjacent to an activating group) is 1. The lowest BCUT2D eigenvalue weighted by atomic mass is 10.00. The highest BCUT2D eigenvalue weighted by Gasteiger charge is 2.22. The van der Waals surface area contributed by atoms with E-state index in [9.17, 15) is 4.79 Å². The van der Waals surface area contributed by atoms with Crippen LogP contribution in [0.5, 0.6) is 0 Å². The quantitative estimate of drug-likeness (QED) is 0.255. The van der Waals surface area contributed by atoms with Crippen molar-refractivity contribution in [3.8, 4) is 10.7 Å². The maximum atomic E-state index is 14.2. The number of ether oxygens (including phenoxy) is 1.